The summed E-state index contributed by atoms with van der Waals surface area (Å²) in [5.74, 6) is 10.1. The Morgan fingerprint density at radius 2 is 1.38 bits per heavy atom. The third kappa shape index (κ3) is 5.30. The second kappa shape index (κ2) is 10.7. The van der Waals surface area contributed by atoms with Crippen molar-refractivity contribution < 1.29 is 45.6 Å². The van der Waals surface area contributed by atoms with Gasteiger partial charge >= 0.3 is 0 Å². The molecule has 1 aliphatic heterocycles. The van der Waals surface area contributed by atoms with E-state index in [1.807, 2.05) is 0 Å². The topological polar surface area (TPSA) is 171 Å². The van der Waals surface area contributed by atoms with Crippen LogP contribution < -0.4 is 0 Å². The molecule has 1 saturated heterocycles. The number of rotatable bonds is 2. The SMILES string of the molecule is OC[C@H]1C[C@H](C#Cc2cccc(C#C[C@H]3O[C@H](CO)[C@@H](O)[C@H](O)[C@@H]3O)c2)[C@@H](O)[C@@H](O)[C@@H]1O. The van der Waals surface area contributed by atoms with E-state index < -0.39 is 67.3 Å². The van der Waals surface area contributed by atoms with Crippen LogP contribution >= 0.6 is 0 Å². The Kier molecular flexibility index (Phi) is 8.26. The van der Waals surface area contributed by atoms with Gasteiger partial charge in [0.2, 0.25) is 0 Å². The van der Waals surface area contributed by atoms with Gasteiger partial charge in [-0.3, -0.25) is 0 Å². The zero-order chi connectivity index (χ0) is 23.4. The smallest absolute Gasteiger partial charge is 0.147 e. The van der Waals surface area contributed by atoms with Gasteiger partial charge in [-0.2, -0.15) is 0 Å². The molecule has 9 nitrogen and oxygen atoms in total. The maximum absolute atomic E-state index is 10.2. The van der Waals surface area contributed by atoms with E-state index in [0.717, 1.165) is 0 Å². The second-order valence-corrected chi connectivity index (χ2v) is 8.13. The normalized spacial score (nSPS) is 39.4. The highest BCUT2D eigenvalue weighted by atomic mass is 16.5. The number of hydrogen-bond acceptors (Lipinski definition) is 9. The third-order valence-corrected chi connectivity index (χ3v) is 5.90. The molecule has 10 atom stereocenters. The van der Waals surface area contributed by atoms with Crippen LogP contribution in [0.3, 0.4) is 0 Å². The fraction of sp³-hybridized carbons (Fsp3) is 0.565. The van der Waals surface area contributed by atoms with Crippen LogP contribution in [0.25, 0.3) is 0 Å². The first kappa shape index (κ1) is 24.6. The van der Waals surface area contributed by atoms with Crippen molar-refractivity contribution in [1.29, 1.82) is 0 Å². The van der Waals surface area contributed by atoms with Crippen LogP contribution in [0.15, 0.2) is 24.3 Å². The molecule has 0 radical (unpaired) electrons. The summed E-state index contributed by atoms with van der Waals surface area (Å²) >= 11 is 0. The quantitative estimate of drug-likeness (QED) is 0.219. The van der Waals surface area contributed by atoms with Crippen LogP contribution in [-0.2, 0) is 4.74 Å². The first-order valence-corrected chi connectivity index (χ1v) is 10.4. The van der Waals surface area contributed by atoms with Gasteiger partial charge in [-0.1, -0.05) is 29.7 Å². The molecule has 0 amide bonds. The summed E-state index contributed by atoms with van der Waals surface area (Å²) in [6.07, 6.45) is -10.2. The molecule has 0 unspecified atom stereocenters. The van der Waals surface area contributed by atoms with Gasteiger partial charge in [-0.25, -0.2) is 0 Å². The highest BCUT2D eigenvalue weighted by Crippen LogP contribution is 2.29. The highest BCUT2D eigenvalue weighted by Gasteiger charge is 2.43. The molecule has 1 heterocycles. The van der Waals surface area contributed by atoms with Gasteiger partial charge < -0.3 is 45.6 Å². The Hall–Kier alpha value is -2.02. The maximum atomic E-state index is 10.2. The highest BCUT2D eigenvalue weighted by molar-refractivity contribution is 5.44. The second-order valence-electron chi connectivity index (χ2n) is 8.13. The lowest BCUT2D eigenvalue weighted by molar-refractivity contribution is -0.214. The van der Waals surface area contributed by atoms with Crippen molar-refractivity contribution in [2.24, 2.45) is 11.8 Å². The molecule has 2 fully saturated rings. The minimum absolute atomic E-state index is 0.236. The van der Waals surface area contributed by atoms with Crippen molar-refractivity contribution >= 4 is 0 Å². The predicted octanol–water partition coefficient (Wildman–Crippen LogP) is -3.06. The monoisotopic (exact) mass is 448 g/mol. The third-order valence-electron chi connectivity index (χ3n) is 5.90. The van der Waals surface area contributed by atoms with Crippen molar-refractivity contribution in [3.8, 4) is 23.7 Å². The Bertz CT molecular complexity index is 825. The molecular formula is C23H28O9. The Labute approximate surface area is 185 Å². The van der Waals surface area contributed by atoms with Crippen molar-refractivity contribution in [2.45, 2.75) is 55.3 Å². The number of hydrogen-bond donors (Lipinski definition) is 8. The average molecular weight is 448 g/mol. The van der Waals surface area contributed by atoms with E-state index in [0.29, 0.717) is 11.1 Å². The Morgan fingerprint density at radius 3 is 2.00 bits per heavy atom. The fourth-order valence-electron chi connectivity index (χ4n) is 3.88. The molecule has 174 valence electrons. The van der Waals surface area contributed by atoms with Gasteiger partial charge in [0.25, 0.3) is 0 Å². The summed E-state index contributed by atoms with van der Waals surface area (Å²) in [4.78, 5) is 0. The molecule has 0 spiro atoms. The molecule has 1 aromatic carbocycles. The molecule has 9 heteroatoms. The molecule has 1 aromatic rings. The van der Waals surface area contributed by atoms with Crippen molar-refractivity contribution in [2.75, 3.05) is 13.2 Å². The van der Waals surface area contributed by atoms with Crippen molar-refractivity contribution in [1.82, 2.24) is 0 Å². The van der Waals surface area contributed by atoms with Crippen LogP contribution in [-0.4, -0.2) is 103 Å². The minimum Gasteiger partial charge on any atom is -0.396 e. The van der Waals surface area contributed by atoms with Gasteiger partial charge in [0.15, 0.2) is 0 Å². The first-order valence-electron chi connectivity index (χ1n) is 10.4. The van der Waals surface area contributed by atoms with E-state index in [1.54, 1.807) is 24.3 Å². The summed E-state index contributed by atoms with van der Waals surface area (Å²) in [6.45, 7) is -0.865. The zero-order valence-corrected chi connectivity index (χ0v) is 17.2. The molecular weight excluding hydrogens is 420 g/mol. The van der Waals surface area contributed by atoms with Gasteiger partial charge in [0.05, 0.1) is 18.8 Å². The maximum Gasteiger partial charge on any atom is 0.147 e. The lowest BCUT2D eigenvalue weighted by Gasteiger charge is -2.37. The lowest BCUT2D eigenvalue weighted by Crippen LogP contribution is -2.58. The number of aliphatic hydroxyl groups excluding tert-OH is 8. The summed E-state index contributed by atoms with van der Waals surface area (Å²) < 4.78 is 5.36. The molecule has 32 heavy (non-hydrogen) atoms. The molecule has 8 N–H and O–H groups in total. The molecule has 3 rings (SSSR count). The van der Waals surface area contributed by atoms with Crippen molar-refractivity contribution in [3.05, 3.63) is 35.4 Å². The van der Waals surface area contributed by atoms with Gasteiger partial charge in [-0.15, -0.1) is 0 Å². The summed E-state index contributed by atoms with van der Waals surface area (Å²) in [5, 5.41) is 78.4. The number of ether oxygens (including phenoxy) is 1. The zero-order valence-electron chi connectivity index (χ0n) is 17.2. The largest absolute Gasteiger partial charge is 0.396 e. The molecule has 1 aliphatic carbocycles. The van der Waals surface area contributed by atoms with Gasteiger partial charge in [0.1, 0.15) is 36.6 Å². The van der Waals surface area contributed by atoms with Crippen LogP contribution in [0.5, 0.6) is 0 Å². The van der Waals surface area contributed by atoms with Crippen LogP contribution in [0.2, 0.25) is 0 Å². The molecule has 0 bridgehead atoms. The first-order chi connectivity index (χ1) is 15.3. The van der Waals surface area contributed by atoms with E-state index in [9.17, 15) is 40.9 Å². The van der Waals surface area contributed by atoms with Crippen LogP contribution in [0, 0.1) is 35.5 Å². The minimum atomic E-state index is -1.50. The van der Waals surface area contributed by atoms with Gasteiger partial charge in [-0.05, 0) is 24.6 Å². The number of aliphatic hydroxyl groups is 8. The molecule has 2 aliphatic rings. The van der Waals surface area contributed by atoms with Crippen LogP contribution in [0.4, 0.5) is 0 Å². The van der Waals surface area contributed by atoms with E-state index >= 15 is 0 Å². The van der Waals surface area contributed by atoms with E-state index in [-0.39, 0.29) is 13.0 Å². The summed E-state index contributed by atoms with van der Waals surface area (Å²) in [6, 6.07) is 6.78. The predicted molar refractivity (Wildman–Crippen MR) is 111 cm³/mol. The van der Waals surface area contributed by atoms with E-state index in [2.05, 4.69) is 23.7 Å². The standard InChI is InChI=1S/C23H28O9/c24-10-15-9-14(18(26)22(30)19(15)27)6-4-12-2-1-3-13(8-12)5-7-16-20(28)23(31)21(29)17(11-25)32-16/h1-3,8,14-31H,9-11H2/t14-,15+,16+,17+,18+,19+,20+,21+,22+,23+/m0/s1. The molecule has 0 aromatic heterocycles. The Balaban J connectivity index is 1.74. The van der Waals surface area contributed by atoms with E-state index in [4.69, 9.17) is 4.74 Å². The fourth-order valence-corrected chi connectivity index (χ4v) is 3.88. The number of benzene rings is 1. The lowest BCUT2D eigenvalue weighted by atomic mass is 9.76. The molecule has 1 saturated carbocycles. The average Bonchev–Trinajstić information content (AvgIpc) is 2.80. The van der Waals surface area contributed by atoms with E-state index in [1.165, 1.54) is 0 Å². The van der Waals surface area contributed by atoms with Crippen molar-refractivity contribution in [3.63, 3.8) is 0 Å². The summed E-state index contributed by atoms with van der Waals surface area (Å²) in [7, 11) is 0. The Morgan fingerprint density at radius 1 is 0.750 bits per heavy atom. The van der Waals surface area contributed by atoms with Gasteiger partial charge in [0, 0.05) is 29.6 Å². The summed E-state index contributed by atoms with van der Waals surface area (Å²) in [5.41, 5.74) is 1.10. The van der Waals surface area contributed by atoms with Crippen LogP contribution in [0.1, 0.15) is 17.5 Å².